The normalized spacial score (nSPS) is 11.5. The molecule has 1 atom stereocenters. The Hall–Kier alpha value is -9.87. The van der Waals surface area contributed by atoms with Crippen LogP contribution in [0.1, 0.15) is 84.4 Å². The van der Waals surface area contributed by atoms with Gasteiger partial charge in [0.15, 0.2) is 5.82 Å². The van der Waals surface area contributed by atoms with Gasteiger partial charge in [0, 0.05) is 80.8 Å². The van der Waals surface area contributed by atoms with Crippen LogP contribution in [0.4, 0.5) is 40.1 Å². The number of carbonyl (C=O) groups excluding carboxylic acids is 6. The van der Waals surface area contributed by atoms with Crippen molar-refractivity contribution in [3.8, 4) is 0 Å². The summed E-state index contributed by atoms with van der Waals surface area (Å²) in [7, 11) is 3.91. The van der Waals surface area contributed by atoms with Crippen molar-refractivity contribution >= 4 is 75.5 Å². The van der Waals surface area contributed by atoms with E-state index in [1.807, 2.05) is 43.5 Å². The van der Waals surface area contributed by atoms with Crippen molar-refractivity contribution in [2.24, 2.45) is 5.73 Å². The van der Waals surface area contributed by atoms with Crippen molar-refractivity contribution in [2.45, 2.75) is 51.5 Å². The van der Waals surface area contributed by atoms with Crippen molar-refractivity contribution in [1.82, 2.24) is 75.7 Å². The first-order valence-electron chi connectivity index (χ1n) is 24.9. The zero-order chi connectivity index (χ0) is 54.8. The smallest absolute Gasteiger partial charge is 0.291 e. The molecule has 0 aliphatic heterocycles. The first kappa shape index (κ1) is 54.4. The van der Waals surface area contributed by atoms with Gasteiger partial charge in [-0.05, 0) is 70.4 Å². The van der Waals surface area contributed by atoms with E-state index in [0.717, 1.165) is 53.2 Å². The van der Waals surface area contributed by atoms with Crippen molar-refractivity contribution in [2.75, 3.05) is 77.5 Å². The average Bonchev–Trinajstić information content (AvgIpc) is 4.28. The maximum Gasteiger partial charge on any atom is 0.291 e. The summed E-state index contributed by atoms with van der Waals surface area (Å²) in [4.78, 5) is 115. The molecule has 20 N–H and O–H groups in total. The Kier molecular flexibility index (Phi) is 18.5. The van der Waals surface area contributed by atoms with E-state index in [1.54, 1.807) is 18.6 Å². The summed E-state index contributed by atoms with van der Waals surface area (Å²) >= 11 is 0. The van der Waals surface area contributed by atoms with Gasteiger partial charge in [-0.2, -0.15) is 0 Å². The lowest BCUT2D eigenvalue weighted by Gasteiger charge is -2.11. The minimum absolute atomic E-state index is 0.0984. The van der Waals surface area contributed by atoms with Gasteiger partial charge < -0.3 is 104 Å². The van der Waals surface area contributed by atoms with Crippen molar-refractivity contribution in [3.63, 3.8) is 0 Å². The molecule has 29 nitrogen and oxygen atoms in total. The van der Waals surface area contributed by atoms with Gasteiger partial charge in [-0.15, -0.1) is 0 Å². The molecule has 8 heterocycles. The number of H-pyrrole nitrogens is 8. The van der Waals surface area contributed by atoms with E-state index in [9.17, 15) is 28.8 Å². The van der Waals surface area contributed by atoms with Gasteiger partial charge in [-0.3, -0.25) is 28.8 Å². The Labute approximate surface area is 445 Å². The number of nitrogens with one attached hydrogen (secondary N) is 18. The predicted octanol–water partition coefficient (Wildman–Crippen LogP) is 2.72. The van der Waals surface area contributed by atoms with E-state index in [1.165, 1.54) is 43.0 Å². The summed E-state index contributed by atoms with van der Waals surface area (Å²) in [5, 5.41) is 29.4. The number of carbonyl (C=O) groups is 6. The fourth-order valence-electron chi connectivity index (χ4n) is 7.60. The molecule has 0 aliphatic carbocycles. The number of aromatic amines is 8. The zero-order valence-electron chi connectivity index (χ0n) is 42.8. The zero-order valence-corrected chi connectivity index (χ0v) is 42.8. The molecule has 0 spiro atoms. The minimum Gasteiger partial charge on any atom is -0.377 e. The fourth-order valence-corrected chi connectivity index (χ4v) is 7.60. The third-order valence-corrected chi connectivity index (χ3v) is 11.7. The number of hydrogen-bond donors (Lipinski definition) is 19. The second-order valence-electron chi connectivity index (χ2n) is 18.2. The Morgan fingerprint density at radius 3 is 1.81 bits per heavy atom. The molecule has 8 aromatic rings. The molecule has 29 heteroatoms. The van der Waals surface area contributed by atoms with Crippen molar-refractivity contribution < 1.29 is 28.8 Å². The topological polar surface area (TPSA) is 417 Å². The highest BCUT2D eigenvalue weighted by Crippen LogP contribution is 2.19. The van der Waals surface area contributed by atoms with E-state index in [0.29, 0.717) is 51.4 Å². The molecule has 78 heavy (non-hydrogen) atoms. The summed E-state index contributed by atoms with van der Waals surface area (Å²) in [5.41, 5.74) is 11.2. The number of rotatable bonds is 30. The number of amides is 6. The summed E-state index contributed by atoms with van der Waals surface area (Å²) in [6.07, 6.45) is 15.9. The molecule has 0 bridgehead atoms. The molecule has 1 unspecified atom stereocenters. The quantitative estimate of drug-likeness (QED) is 0.0288. The molecule has 0 radical (unpaired) electrons. The second-order valence-corrected chi connectivity index (χ2v) is 18.2. The standard InChI is InChI=1S/C49H63N23O6/c1-72(2)11-3-6-54-43(73)5-8-55-46(75)36-14-32(21-60-36)66-47(76)37-15-33(22-61-37)67-48(77)38-16-34(23-62-38)68-49(78)44-65-27-42(70-44)71-45(74)35(50)4-7-51-17-28-12-29(18-56-28)59-25-40-64-26-41(69-40)63-20-31-13-30(19-57-31)58-24-39-52-9-10-53-39/h9-10,12-16,18-19,21-23,26-27,35,51,56-63H,3-8,11,17,20,24-25,50H2,1-2H3,(H,52,53)(H,54,73)(H,55,75)(H,64,69)(H,65,70)(H,66,76)(H,67,77)(H,68,78)(H,71,74). The molecule has 0 aliphatic rings. The molecule has 6 amide bonds. The number of nitrogens with two attached hydrogens (primary N) is 1. The first-order valence-corrected chi connectivity index (χ1v) is 24.9. The lowest BCUT2D eigenvalue weighted by Crippen LogP contribution is -2.38. The highest BCUT2D eigenvalue weighted by Gasteiger charge is 2.19. The second kappa shape index (κ2) is 26.6. The van der Waals surface area contributed by atoms with Crippen LogP contribution < -0.4 is 58.9 Å². The largest absolute Gasteiger partial charge is 0.377 e. The van der Waals surface area contributed by atoms with Crippen LogP contribution in [0.3, 0.4) is 0 Å². The molecule has 0 saturated heterocycles. The summed E-state index contributed by atoms with van der Waals surface area (Å²) < 4.78 is 0. The first-order chi connectivity index (χ1) is 37.8. The molecule has 0 aromatic carbocycles. The summed E-state index contributed by atoms with van der Waals surface area (Å²) in [5.74, 6) is -0.350. The summed E-state index contributed by atoms with van der Waals surface area (Å²) in [6.45, 7) is 4.17. The van der Waals surface area contributed by atoms with Crippen LogP contribution >= 0.6 is 0 Å². The molecular formula is C49H63N23O6. The van der Waals surface area contributed by atoms with E-state index < -0.39 is 35.6 Å². The SMILES string of the molecule is CN(C)CCCNC(=O)CCNC(=O)c1cc(NC(=O)c2cc(NC(=O)c3cc(NC(=O)c4ncc(NC(=O)C(N)CCNCc5cc(NCc6ncc(NCc7cc(NCc8ncc[nH]8)c[nH]7)[nH]6)c[nH]5)[nH]4)c[nH]3)c[nH]2)c[nH]1. The Morgan fingerprint density at radius 1 is 0.564 bits per heavy atom. The Bertz CT molecular complexity index is 3240. The summed E-state index contributed by atoms with van der Waals surface area (Å²) in [6, 6.07) is 7.43. The maximum absolute atomic E-state index is 13.0. The van der Waals surface area contributed by atoms with Crippen molar-refractivity contribution in [3.05, 3.63) is 132 Å². The van der Waals surface area contributed by atoms with E-state index in [2.05, 4.69) is 108 Å². The molecule has 0 fully saturated rings. The lowest BCUT2D eigenvalue weighted by molar-refractivity contribution is -0.121. The third kappa shape index (κ3) is 16.3. The maximum atomic E-state index is 13.0. The van der Waals surface area contributed by atoms with Crippen LogP contribution in [-0.2, 0) is 35.8 Å². The minimum atomic E-state index is -0.859. The highest BCUT2D eigenvalue weighted by molar-refractivity contribution is 6.08. The van der Waals surface area contributed by atoms with Gasteiger partial charge in [0.25, 0.3) is 23.6 Å². The number of aromatic nitrogens is 11. The highest BCUT2D eigenvalue weighted by atomic mass is 16.2. The van der Waals surface area contributed by atoms with Gasteiger partial charge in [0.05, 0.1) is 66.5 Å². The van der Waals surface area contributed by atoms with Crippen LogP contribution in [-0.4, -0.2) is 141 Å². The number of imidazole rings is 3. The Morgan fingerprint density at radius 2 is 1.17 bits per heavy atom. The van der Waals surface area contributed by atoms with Gasteiger partial charge in [-0.25, -0.2) is 15.0 Å². The Balaban J connectivity index is 0.681. The van der Waals surface area contributed by atoms with E-state index in [4.69, 9.17) is 5.73 Å². The van der Waals surface area contributed by atoms with Gasteiger partial charge >= 0.3 is 0 Å². The lowest BCUT2D eigenvalue weighted by atomic mass is 10.2. The molecule has 8 aromatic heterocycles. The fraction of sp³-hybridized carbons (Fsp3) is 0.286. The van der Waals surface area contributed by atoms with Crippen LogP contribution in [0.15, 0.2) is 86.1 Å². The molecular weight excluding hydrogens is 1010 g/mol. The van der Waals surface area contributed by atoms with Crippen molar-refractivity contribution in [1.29, 1.82) is 0 Å². The van der Waals surface area contributed by atoms with Crippen LogP contribution in [0.5, 0.6) is 0 Å². The third-order valence-electron chi connectivity index (χ3n) is 11.7. The van der Waals surface area contributed by atoms with E-state index in [-0.39, 0.29) is 59.0 Å². The molecule has 0 saturated carbocycles. The molecule has 8 rings (SSSR count). The van der Waals surface area contributed by atoms with Gasteiger partial charge in [-0.1, -0.05) is 0 Å². The monoisotopic (exact) mass is 1070 g/mol. The van der Waals surface area contributed by atoms with E-state index >= 15 is 0 Å². The van der Waals surface area contributed by atoms with Crippen LogP contribution in [0.2, 0.25) is 0 Å². The number of anilines is 7. The van der Waals surface area contributed by atoms with Gasteiger partial charge in [0.1, 0.15) is 40.4 Å². The van der Waals surface area contributed by atoms with Crippen LogP contribution in [0.25, 0.3) is 0 Å². The predicted molar refractivity (Wildman–Crippen MR) is 292 cm³/mol. The molecule has 410 valence electrons. The average molecular weight is 1070 g/mol. The van der Waals surface area contributed by atoms with Crippen LogP contribution in [0, 0.1) is 0 Å². The van der Waals surface area contributed by atoms with Gasteiger partial charge in [0.2, 0.25) is 11.8 Å². The number of hydrogen-bond acceptors (Lipinski definition) is 15. The number of nitrogens with zero attached hydrogens (tertiary/aromatic N) is 4.